The number of pyridine rings is 1. The van der Waals surface area contributed by atoms with Crippen LogP contribution < -0.4 is 9.64 Å². The Hall–Kier alpha value is -6.39. The van der Waals surface area contributed by atoms with Crippen molar-refractivity contribution in [2.45, 2.75) is 0 Å². The molecule has 4 nitrogen and oxygen atoms in total. The van der Waals surface area contributed by atoms with Gasteiger partial charge in [0.1, 0.15) is 11.2 Å². The zero-order chi connectivity index (χ0) is 30.9. The zero-order valence-corrected chi connectivity index (χ0v) is 25.2. The number of benzene rings is 7. The van der Waals surface area contributed by atoms with E-state index in [1.165, 1.54) is 0 Å². The molecule has 0 radical (unpaired) electrons. The summed E-state index contributed by atoms with van der Waals surface area (Å²) in [5.74, 6) is 1.69. The van der Waals surface area contributed by atoms with Gasteiger partial charge in [-0.15, -0.1) is 0 Å². The van der Waals surface area contributed by atoms with Crippen LogP contribution in [0.4, 0.5) is 17.1 Å². The lowest BCUT2D eigenvalue weighted by Crippen LogP contribution is -2.15. The van der Waals surface area contributed by atoms with E-state index >= 15 is 0 Å². The predicted molar refractivity (Wildman–Crippen MR) is 192 cm³/mol. The molecule has 0 amide bonds. The lowest BCUT2D eigenvalue weighted by atomic mass is 9.94. The average Bonchev–Trinajstić information content (AvgIpc) is 3.53. The molecule has 1 aliphatic heterocycles. The lowest BCUT2D eigenvalue weighted by molar-refractivity contribution is 0.477. The van der Waals surface area contributed by atoms with Gasteiger partial charge in [0.2, 0.25) is 0 Å². The lowest BCUT2D eigenvalue weighted by Gasteiger charge is -2.32. The molecule has 9 aromatic rings. The first-order valence-electron chi connectivity index (χ1n) is 15.8. The van der Waals surface area contributed by atoms with E-state index in [1.807, 2.05) is 54.6 Å². The van der Waals surface area contributed by atoms with Gasteiger partial charge in [-0.3, -0.25) is 0 Å². The summed E-state index contributed by atoms with van der Waals surface area (Å²) in [4.78, 5) is 7.51. The fraction of sp³-hybridized carbons (Fsp3) is 0. The molecule has 0 spiro atoms. The number of nitrogens with zero attached hydrogens (tertiary/aromatic N) is 2. The van der Waals surface area contributed by atoms with Crippen LogP contribution in [-0.2, 0) is 0 Å². The molecule has 2 aromatic heterocycles. The molecule has 0 atom stereocenters. The molecule has 220 valence electrons. The molecule has 47 heavy (non-hydrogen) atoms. The number of aromatic nitrogens is 1. The van der Waals surface area contributed by atoms with Gasteiger partial charge in [0.05, 0.1) is 22.6 Å². The number of ether oxygens (including phenoxy) is 1. The normalized spacial score (nSPS) is 12.4. The van der Waals surface area contributed by atoms with Gasteiger partial charge in [0, 0.05) is 38.2 Å². The summed E-state index contributed by atoms with van der Waals surface area (Å²) in [5.41, 5.74) is 10.2. The topological polar surface area (TPSA) is 38.5 Å². The molecule has 0 bridgehead atoms. The molecule has 0 N–H and O–H groups in total. The summed E-state index contributed by atoms with van der Waals surface area (Å²) in [6.45, 7) is 0. The Labute approximate surface area is 270 Å². The van der Waals surface area contributed by atoms with Gasteiger partial charge in [0.25, 0.3) is 0 Å². The van der Waals surface area contributed by atoms with Crippen LogP contribution >= 0.6 is 0 Å². The Kier molecular flexibility index (Phi) is 5.54. The molecule has 0 aliphatic carbocycles. The van der Waals surface area contributed by atoms with E-state index in [4.69, 9.17) is 14.1 Å². The van der Waals surface area contributed by atoms with Gasteiger partial charge in [-0.1, -0.05) is 91.0 Å². The predicted octanol–water partition coefficient (Wildman–Crippen LogP) is 12.2. The van der Waals surface area contributed by atoms with Crippen LogP contribution in [0.3, 0.4) is 0 Å². The summed E-state index contributed by atoms with van der Waals surface area (Å²) in [5, 5.41) is 5.62. The second kappa shape index (κ2) is 10.1. The van der Waals surface area contributed by atoms with Crippen molar-refractivity contribution in [2.24, 2.45) is 0 Å². The summed E-state index contributed by atoms with van der Waals surface area (Å²) in [6, 6.07) is 54.7. The van der Waals surface area contributed by atoms with Crippen molar-refractivity contribution in [3.05, 3.63) is 158 Å². The van der Waals surface area contributed by atoms with Crippen molar-refractivity contribution in [3.63, 3.8) is 0 Å². The third kappa shape index (κ3) is 3.98. The van der Waals surface area contributed by atoms with E-state index < -0.39 is 0 Å². The third-order valence-corrected chi connectivity index (χ3v) is 9.23. The minimum atomic E-state index is 0.845. The van der Waals surface area contributed by atoms with Crippen molar-refractivity contribution in [1.29, 1.82) is 0 Å². The number of rotatable bonds is 3. The Morgan fingerprint density at radius 3 is 1.91 bits per heavy atom. The van der Waals surface area contributed by atoms with Gasteiger partial charge >= 0.3 is 0 Å². The number of anilines is 3. The maximum atomic E-state index is 6.36. The standard InChI is InChI=1S/C43H26N2O2/c1-2-10-28(11-3-1)43-32-23-25-40-42(31-12-4-7-15-37(31)46-40)41(32)33-26-29(20-24-34(33)44-43)27-18-21-30(22-19-27)45-35-13-5-8-16-38(35)47-39-17-9-6-14-36(39)45/h1-26H. The first-order valence-corrected chi connectivity index (χ1v) is 15.8. The van der Waals surface area contributed by atoms with Crippen LogP contribution in [0, 0.1) is 0 Å². The largest absolute Gasteiger partial charge is 0.456 e. The summed E-state index contributed by atoms with van der Waals surface area (Å²) < 4.78 is 12.6. The fourth-order valence-electron chi connectivity index (χ4n) is 7.09. The number of para-hydroxylation sites is 5. The van der Waals surface area contributed by atoms with Crippen molar-refractivity contribution in [1.82, 2.24) is 4.98 Å². The molecule has 4 heteroatoms. The van der Waals surface area contributed by atoms with Crippen LogP contribution in [0.25, 0.3) is 66.0 Å². The molecule has 10 rings (SSSR count). The molecule has 0 saturated heterocycles. The van der Waals surface area contributed by atoms with Crippen molar-refractivity contribution in [2.75, 3.05) is 4.90 Å². The Bertz CT molecular complexity index is 2610. The molecule has 0 fully saturated rings. The molecular formula is C43H26N2O2. The highest BCUT2D eigenvalue weighted by molar-refractivity contribution is 6.28. The molecule has 0 unspecified atom stereocenters. The van der Waals surface area contributed by atoms with Gasteiger partial charge in [0.15, 0.2) is 11.5 Å². The van der Waals surface area contributed by atoms with E-state index in [2.05, 4.69) is 108 Å². The Morgan fingerprint density at radius 2 is 1.13 bits per heavy atom. The van der Waals surface area contributed by atoms with Gasteiger partial charge in [-0.2, -0.15) is 0 Å². The van der Waals surface area contributed by atoms with E-state index in [-0.39, 0.29) is 0 Å². The Morgan fingerprint density at radius 1 is 0.447 bits per heavy atom. The maximum absolute atomic E-state index is 6.36. The number of furan rings is 1. The van der Waals surface area contributed by atoms with Crippen LogP contribution in [-0.4, -0.2) is 4.98 Å². The Balaban J connectivity index is 1.17. The molecule has 3 heterocycles. The molecule has 1 aliphatic rings. The van der Waals surface area contributed by atoms with Crippen molar-refractivity contribution >= 4 is 60.7 Å². The minimum absolute atomic E-state index is 0.845. The number of hydrogen-bond acceptors (Lipinski definition) is 4. The van der Waals surface area contributed by atoms with Crippen molar-refractivity contribution < 1.29 is 9.15 Å². The van der Waals surface area contributed by atoms with E-state index in [0.717, 1.165) is 94.6 Å². The van der Waals surface area contributed by atoms with Gasteiger partial charge in [-0.25, -0.2) is 4.98 Å². The second-order valence-corrected chi connectivity index (χ2v) is 11.9. The van der Waals surface area contributed by atoms with Crippen molar-refractivity contribution in [3.8, 4) is 33.9 Å². The quantitative estimate of drug-likeness (QED) is 0.189. The molecule has 0 saturated carbocycles. The van der Waals surface area contributed by atoms with Crippen LogP contribution in [0.2, 0.25) is 0 Å². The fourth-order valence-corrected chi connectivity index (χ4v) is 7.09. The summed E-state index contributed by atoms with van der Waals surface area (Å²) >= 11 is 0. The number of fused-ring (bicyclic) bond motifs is 9. The van der Waals surface area contributed by atoms with Gasteiger partial charge in [-0.05, 0) is 77.9 Å². The highest BCUT2D eigenvalue weighted by atomic mass is 16.5. The number of hydrogen-bond donors (Lipinski definition) is 0. The third-order valence-electron chi connectivity index (χ3n) is 9.23. The molecule has 7 aromatic carbocycles. The zero-order valence-electron chi connectivity index (χ0n) is 25.2. The highest BCUT2D eigenvalue weighted by Gasteiger charge is 2.25. The SMILES string of the molecule is c1ccc(-c2nc3ccc(-c4ccc(N5c6ccccc6Oc6ccccc65)cc4)cc3c3c2ccc2oc4ccccc4c23)cc1. The van der Waals surface area contributed by atoms with Crippen LogP contribution in [0.15, 0.2) is 162 Å². The van der Waals surface area contributed by atoms with Gasteiger partial charge < -0.3 is 14.1 Å². The van der Waals surface area contributed by atoms with E-state index in [9.17, 15) is 0 Å². The van der Waals surface area contributed by atoms with E-state index in [0.29, 0.717) is 0 Å². The minimum Gasteiger partial charge on any atom is -0.456 e. The van der Waals surface area contributed by atoms with Crippen LogP contribution in [0.1, 0.15) is 0 Å². The summed E-state index contributed by atoms with van der Waals surface area (Å²) in [6.07, 6.45) is 0. The second-order valence-electron chi connectivity index (χ2n) is 11.9. The first-order chi connectivity index (χ1) is 23.3. The highest BCUT2D eigenvalue weighted by Crippen LogP contribution is 2.50. The van der Waals surface area contributed by atoms with E-state index in [1.54, 1.807) is 0 Å². The molecular weight excluding hydrogens is 576 g/mol. The smallest absolute Gasteiger partial charge is 0.151 e. The maximum Gasteiger partial charge on any atom is 0.151 e. The monoisotopic (exact) mass is 602 g/mol. The summed E-state index contributed by atoms with van der Waals surface area (Å²) in [7, 11) is 0. The first kappa shape index (κ1) is 25.9. The van der Waals surface area contributed by atoms with Crippen LogP contribution in [0.5, 0.6) is 11.5 Å². The average molecular weight is 603 g/mol.